The van der Waals surface area contributed by atoms with Crippen LogP contribution in [0.15, 0.2) is 58.2 Å². The minimum atomic E-state index is -0.119. The molecular formula is C19H20N4O2. The van der Waals surface area contributed by atoms with Crippen LogP contribution in [0, 0.1) is 18.8 Å². The number of aliphatic hydroxyl groups excluding tert-OH is 1. The Labute approximate surface area is 145 Å². The molecule has 0 bridgehead atoms. The molecule has 0 saturated heterocycles. The first-order chi connectivity index (χ1) is 12.1. The largest absolute Gasteiger partial charge is 0.510 e. The lowest BCUT2D eigenvalue weighted by Crippen LogP contribution is -2.21. The normalized spacial score (nSPS) is 23.5. The maximum Gasteiger partial charge on any atom is 0.192 e. The highest BCUT2D eigenvalue weighted by Crippen LogP contribution is 2.43. The van der Waals surface area contributed by atoms with Gasteiger partial charge in [-0.2, -0.15) is 0 Å². The summed E-state index contributed by atoms with van der Waals surface area (Å²) < 4.78 is 1.92. The number of aromatic nitrogens is 2. The third-order valence-electron chi connectivity index (χ3n) is 5.09. The van der Waals surface area contributed by atoms with Gasteiger partial charge in [-0.05, 0) is 31.9 Å². The monoisotopic (exact) mass is 336 g/mol. The molecule has 25 heavy (non-hydrogen) atoms. The van der Waals surface area contributed by atoms with Crippen molar-refractivity contribution < 1.29 is 9.90 Å². The number of aryl methyl sites for hydroxylation is 1. The minimum Gasteiger partial charge on any atom is -0.510 e. The molecule has 2 atom stereocenters. The second kappa shape index (κ2) is 6.27. The summed E-state index contributed by atoms with van der Waals surface area (Å²) in [6, 6.07) is 9.83. The minimum absolute atomic E-state index is 0.0705. The van der Waals surface area contributed by atoms with E-state index in [1.54, 1.807) is 6.20 Å². The Hall–Kier alpha value is -2.76. The highest BCUT2D eigenvalue weighted by molar-refractivity contribution is 6.00. The van der Waals surface area contributed by atoms with Gasteiger partial charge in [-0.15, -0.1) is 10.2 Å². The van der Waals surface area contributed by atoms with E-state index >= 15 is 0 Å². The van der Waals surface area contributed by atoms with Crippen LogP contribution in [0.3, 0.4) is 0 Å². The number of hydrogen-bond donors (Lipinski definition) is 1. The van der Waals surface area contributed by atoms with Gasteiger partial charge in [0, 0.05) is 17.5 Å². The fourth-order valence-electron chi connectivity index (χ4n) is 3.81. The molecular weight excluding hydrogens is 316 g/mol. The average Bonchev–Trinajstić information content (AvgIpc) is 3.13. The third-order valence-corrected chi connectivity index (χ3v) is 5.09. The first-order valence-corrected chi connectivity index (χ1v) is 8.65. The van der Waals surface area contributed by atoms with Crippen molar-refractivity contribution >= 4 is 11.6 Å². The zero-order chi connectivity index (χ0) is 17.4. The van der Waals surface area contributed by atoms with Crippen LogP contribution >= 0.6 is 0 Å². The summed E-state index contributed by atoms with van der Waals surface area (Å²) in [7, 11) is 0. The molecule has 1 fully saturated rings. The zero-order valence-corrected chi connectivity index (χ0v) is 14.1. The van der Waals surface area contributed by atoms with Crippen molar-refractivity contribution in [1.29, 1.82) is 0 Å². The maximum absolute atomic E-state index is 12.5. The van der Waals surface area contributed by atoms with Gasteiger partial charge in [0.2, 0.25) is 0 Å². The maximum atomic E-state index is 12.5. The molecule has 0 radical (unpaired) electrons. The summed E-state index contributed by atoms with van der Waals surface area (Å²) in [6.45, 7) is 1.89. The smallest absolute Gasteiger partial charge is 0.192 e. The lowest BCUT2D eigenvalue weighted by molar-refractivity contribution is -0.120. The Morgan fingerprint density at radius 1 is 1.12 bits per heavy atom. The lowest BCUT2D eigenvalue weighted by Gasteiger charge is -2.23. The summed E-state index contributed by atoms with van der Waals surface area (Å²) >= 11 is 0. The number of imidazole rings is 1. The number of allylic oxidation sites excluding steroid dienone is 2. The van der Waals surface area contributed by atoms with Gasteiger partial charge in [0.25, 0.3) is 0 Å². The van der Waals surface area contributed by atoms with E-state index in [-0.39, 0.29) is 29.1 Å². The second-order valence-electron chi connectivity index (χ2n) is 6.65. The van der Waals surface area contributed by atoms with Crippen molar-refractivity contribution in [3.63, 3.8) is 0 Å². The van der Waals surface area contributed by atoms with Crippen LogP contribution in [0.5, 0.6) is 0 Å². The molecule has 1 N–H and O–H groups in total. The van der Waals surface area contributed by atoms with E-state index < -0.39 is 0 Å². The molecule has 6 heteroatoms. The summed E-state index contributed by atoms with van der Waals surface area (Å²) in [5, 5.41) is 18.5. The standard InChI is InChI=1S/C19H20N4O2/c1-12-20-16(11-23(12)13-7-3-2-4-8-13)21-22-17-18(24)14-9-5-6-10-15(14)19(17)25/h2-4,7-8,11,14-15,24H,5-6,9-10H2,1H3. The molecule has 2 unspecified atom stereocenters. The summed E-state index contributed by atoms with van der Waals surface area (Å²) in [5.74, 6) is 1.04. The quantitative estimate of drug-likeness (QED) is 0.842. The van der Waals surface area contributed by atoms with Crippen LogP contribution in [0.2, 0.25) is 0 Å². The number of rotatable bonds is 3. The first kappa shape index (κ1) is 15.7. The molecule has 2 aliphatic rings. The Bertz CT molecular complexity index is 867. The van der Waals surface area contributed by atoms with E-state index in [0.717, 1.165) is 37.2 Å². The molecule has 4 rings (SSSR count). The van der Waals surface area contributed by atoms with E-state index in [2.05, 4.69) is 15.2 Å². The van der Waals surface area contributed by atoms with Crippen LogP contribution in [0.4, 0.5) is 5.82 Å². The van der Waals surface area contributed by atoms with Gasteiger partial charge in [0.1, 0.15) is 11.6 Å². The molecule has 1 aromatic heterocycles. The van der Waals surface area contributed by atoms with Gasteiger partial charge < -0.3 is 9.67 Å². The Balaban J connectivity index is 1.60. The number of hydrogen-bond acceptors (Lipinski definition) is 5. The fourth-order valence-corrected chi connectivity index (χ4v) is 3.81. The number of aliphatic hydroxyl groups is 1. The van der Waals surface area contributed by atoms with Crippen LogP contribution in [0.1, 0.15) is 31.5 Å². The van der Waals surface area contributed by atoms with Gasteiger partial charge in [0.05, 0.1) is 6.20 Å². The van der Waals surface area contributed by atoms with Gasteiger partial charge >= 0.3 is 0 Å². The number of carbonyl (C=O) groups is 1. The van der Waals surface area contributed by atoms with Crippen molar-refractivity contribution in [1.82, 2.24) is 9.55 Å². The number of Topliss-reactive ketones (excluding diaryl/α,β-unsaturated/α-hetero) is 1. The summed E-state index contributed by atoms with van der Waals surface area (Å²) in [5.41, 5.74) is 1.10. The number of azo groups is 1. The lowest BCUT2D eigenvalue weighted by atomic mass is 9.80. The van der Waals surface area contributed by atoms with Crippen LogP contribution in [0.25, 0.3) is 5.69 Å². The molecule has 1 heterocycles. The van der Waals surface area contributed by atoms with Gasteiger partial charge in [-0.25, -0.2) is 4.98 Å². The predicted octanol–water partition coefficient (Wildman–Crippen LogP) is 4.42. The molecule has 0 spiro atoms. The fraction of sp³-hybridized carbons (Fsp3) is 0.368. The Kier molecular flexibility index (Phi) is 3.95. The van der Waals surface area contributed by atoms with Crippen molar-refractivity contribution in [3.8, 4) is 5.69 Å². The SMILES string of the molecule is Cc1nc(N=NC2=C(O)C3CCCCC3C2=O)cn1-c1ccccc1. The number of fused-ring (bicyclic) bond motifs is 1. The predicted molar refractivity (Wildman–Crippen MR) is 92.9 cm³/mol. The molecule has 2 aliphatic carbocycles. The van der Waals surface area contributed by atoms with Gasteiger partial charge in [-0.1, -0.05) is 31.0 Å². The van der Waals surface area contributed by atoms with E-state index in [0.29, 0.717) is 5.82 Å². The van der Waals surface area contributed by atoms with Crippen molar-refractivity contribution in [2.45, 2.75) is 32.6 Å². The highest BCUT2D eigenvalue weighted by Gasteiger charge is 2.43. The molecule has 0 aliphatic heterocycles. The highest BCUT2D eigenvalue weighted by atomic mass is 16.3. The molecule has 6 nitrogen and oxygen atoms in total. The number of benzene rings is 1. The van der Waals surface area contributed by atoms with Crippen molar-refractivity contribution in [3.05, 3.63) is 53.8 Å². The van der Waals surface area contributed by atoms with Crippen molar-refractivity contribution in [2.24, 2.45) is 22.1 Å². The van der Waals surface area contributed by atoms with E-state index in [1.807, 2.05) is 41.8 Å². The topological polar surface area (TPSA) is 79.8 Å². The summed E-state index contributed by atoms with van der Waals surface area (Å²) in [4.78, 5) is 16.8. The van der Waals surface area contributed by atoms with E-state index in [4.69, 9.17) is 0 Å². The van der Waals surface area contributed by atoms with Gasteiger partial charge in [0.15, 0.2) is 17.3 Å². The van der Waals surface area contributed by atoms with Crippen LogP contribution in [-0.2, 0) is 4.79 Å². The average molecular weight is 336 g/mol. The molecule has 2 aromatic rings. The Morgan fingerprint density at radius 2 is 1.84 bits per heavy atom. The first-order valence-electron chi connectivity index (χ1n) is 8.65. The number of ketones is 1. The van der Waals surface area contributed by atoms with Crippen LogP contribution < -0.4 is 0 Å². The molecule has 1 aromatic carbocycles. The Morgan fingerprint density at radius 3 is 2.56 bits per heavy atom. The summed E-state index contributed by atoms with van der Waals surface area (Å²) in [6.07, 6.45) is 5.53. The van der Waals surface area contributed by atoms with Gasteiger partial charge in [-0.3, -0.25) is 4.79 Å². The van der Waals surface area contributed by atoms with Crippen LogP contribution in [-0.4, -0.2) is 20.4 Å². The molecule has 1 saturated carbocycles. The third kappa shape index (κ3) is 2.77. The number of carbonyl (C=O) groups excluding carboxylic acids is 1. The van der Waals surface area contributed by atoms with E-state index in [9.17, 15) is 9.90 Å². The zero-order valence-electron chi connectivity index (χ0n) is 14.1. The number of para-hydroxylation sites is 1. The molecule has 0 amide bonds. The van der Waals surface area contributed by atoms with Crippen molar-refractivity contribution in [2.75, 3.05) is 0 Å². The second-order valence-corrected chi connectivity index (χ2v) is 6.65. The van der Waals surface area contributed by atoms with E-state index in [1.165, 1.54) is 0 Å². The number of nitrogens with zero attached hydrogens (tertiary/aromatic N) is 4. The molecule has 128 valence electrons.